The SMILES string of the molecule is Cl.Cl.FC(F)c1nc2c([nH]1)CNC2. The minimum Gasteiger partial charge on any atom is -0.340 e. The molecule has 2 N–H and O–H groups in total. The fraction of sp³-hybridized carbons (Fsp3) is 0.500. The van der Waals surface area contributed by atoms with Crippen molar-refractivity contribution in [2.75, 3.05) is 0 Å². The van der Waals surface area contributed by atoms with Crippen molar-refractivity contribution in [3.05, 3.63) is 17.2 Å². The molecule has 0 saturated heterocycles. The molecule has 0 radical (unpaired) electrons. The number of fused-ring (bicyclic) bond motifs is 1. The highest BCUT2D eigenvalue weighted by Gasteiger charge is 2.19. The number of halogens is 4. The molecule has 0 saturated carbocycles. The van der Waals surface area contributed by atoms with Crippen LogP contribution in [0.4, 0.5) is 8.78 Å². The third-order valence-corrected chi connectivity index (χ3v) is 1.68. The molecule has 1 aromatic heterocycles. The topological polar surface area (TPSA) is 40.7 Å². The second-order valence-corrected chi connectivity index (χ2v) is 2.45. The van der Waals surface area contributed by atoms with Crippen molar-refractivity contribution in [2.24, 2.45) is 0 Å². The van der Waals surface area contributed by atoms with E-state index in [0.717, 1.165) is 11.4 Å². The molecule has 0 spiro atoms. The molecule has 1 aliphatic rings. The zero-order valence-corrected chi connectivity index (χ0v) is 8.14. The monoisotopic (exact) mass is 231 g/mol. The predicted molar refractivity (Wildman–Crippen MR) is 48.6 cm³/mol. The zero-order valence-electron chi connectivity index (χ0n) is 6.51. The maximum absolute atomic E-state index is 12.0. The smallest absolute Gasteiger partial charge is 0.295 e. The summed E-state index contributed by atoms with van der Waals surface area (Å²) >= 11 is 0. The zero-order chi connectivity index (χ0) is 7.84. The van der Waals surface area contributed by atoms with Gasteiger partial charge in [0.1, 0.15) is 0 Å². The van der Waals surface area contributed by atoms with Gasteiger partial charge in [-0.2, -0.15) is 0 Å². The number of H-pyrrole nitrogens is 1. The van der Waals surface area contributed by atoms with Crippen molar-refractivity contribution in [2.45, 2.75) is 19.5 Å². The van der Waals surface area contributed by atoms with Crippen molar-refractivity contribution < 1.29 is 8.78 Å². The average Bonchev–Trinajstić information content (AvgIpc) is 2.40. The number of alkyl halides is 2. The van der Waals surface area contributed by atoms with E-state index in [-0.39, 0.29) is 30.6 Å². The second kappa shape index (κ2) is 4.74. The van der Waals surface area contributed by atoms with Crippen LogP contribution in [0, 0.1) is 0 Å². The summed E-state index contributed by atoms with van der Waals surface area (Å²) in [6.07, 6.45) is -2.49. The van der Waals surface area contributed by atoms with Crippen LogP contribution in [0.15, 0.2) is 0 Å². The summed E-state index contributed by atoms with van der Waals surface area (Å²) in [5.74, 6) is -0.212. The molecule has 76 valence electrons. The number of imidazole rings is 1. The summed E-state index contributed by atoms with van der Waals surface area (Å²) in [6, 6.07) is 0. The first-order chi connectivity index (χ1) is 5.27. The lowest BCUT2D eigenvalue weighted by Crippen LogP contribution is -2.03. The lowest BCUT2D eigenvalue weighted by molar-refractivity contribution is 0.141. The van der Waals surface area contributed by atoms with Gasteiger partial charge in [0.05, 0.1) is 11.4 Å². The van der Waals surface area contributed by atoms with Crippen LogP contribution >= 0.6 is 24.8 Å². The standard InChI is InChI=1S/C6H7F2N3.2ClH/c7-5(8)6-10-3-1-9-2-4(3)11-6;;/h5,9H,1-2H2,(H,10,11);2*1H. The highest BCUT2D eigenvalue weighted by molar-refractivity contribution is 5.85. The van der Waals surface area contributed by atoms with E-state index in [0.29, 0.717) is 13.1 Å². The van der Waals surface area contributed by atoms with Crippen LogP contribution in [-0.4, -0.2) is 9.97 Å². The number of nitrogens with one attached hydrogen (secondary N) is 2. The molecule has 7 heteroatoms. The first-order valence-corrected chi connectivity index (χ1v) is 3.34. The molecule has 2 rings (SSSR count). The quantitative estimate of drug-likeness (QED) is 0.774. The number of nitrogens with zero attached hydrogens (tertiary/aromatic N) is 1. The highest BCUT2D eigenvalue weighted by Crippen LogP contribution is 2.19. The molecule has 0 fully saturated rings. The van der Waals surface area contributed by atoms with Gasteiger partial charge in [0.15, 0.2) is 5.82 Å². The molecule has 0 aromatic carbocycles. The van der Waals surface area contributed by atoms with Gasteiger partial charge in [0.2, 0.25) is 0 Å². The Balaban J connectivity index is 0.000000720. The first-order valence-electron chi connectivity index (χ1n) is 3.34. The molecular formula is C6H9Cl2F2N3. The number of rotatable bonds is 1. The molecule has 1 aromatic rings. The van der Waals surface area contributed by atoms with Crippen molar-refractivity contribution in [3.8, 4) is 0 Å². The van der Waals surface area contributed by atoms with Gasteiger partial charge in [0.25, 0.3) is 6.43 Å². The molecule has 0 unspecified atom stereocenters. The van der Waals surface area contributed by atoms with Crippen molar-refractivity contribution in [1.82, 2.24) is 15.3 Å². The van der Waals surface area contributed by atoms with Gasteiger partial charge in [-0.05, 0) is 0 Å². The van der Waals surface area contributed by atoms with Gasteiger partial charge < -0.3 is 10.3 Å². The Bertz CT molecular complexity index is 255. The lowest BCUT2D eigenvalue weighted by atomic mass is 10.4. The van der Waals surface area contributed by atoms with E-state index in [4.69, 9.17) is 0 Å². The van der Waals surface area contributed by atoms with Gasteiger partial charge in [-0.15, -0.1) is 24.8 Å². The Labute approximate surface area is 86.1 Å². The third kappa shape index (κ3) is 2.30. The number of hydrogen-bond donors (Lipinski definition) is 2. The van der Waals surface area contributed by atoms with E-state index in [1.54, 1.807) is 0 Å². The number of hydrogen-bond acceptors (Lipinski definition) is 2. The Morgan fingerprint density at radius 3 is 2.46 bits per heavy atom. The van der Waals surface area contributed by atoms with E-state index in [1.165, 1.54) is 0 Å². The molecule has 3 nitrogen and oxygen atoms in total. The Kier molecular flexibility index (Phi) is 4.60. The molecular weight excluding hydrogens is 223 g/mol. The number of aromatic nitrogens is 2. The van der Waals surface area contributed by atoms with E-state index in [1.807, 2.05) is 0 Å². The summed E-state index contributed by atoms with van der Waals surface area (Å²) in [6.45, 7) is 1.22. The molecule has 1 aliphatic heterocycles. The Hall–Kier alpha value is -0.390. The van der Waals surface area contributed by atoms with Crippen LogP contribution in [0.25, 0.3) is 0 Å². The van der Waals surface area contributed by atoms with Gasteiger partial charge in [-0.1, -0.05) is 0 Å². The Morgan fingerprint density at radius 1 is 1.23 bits per heavy atom. The average molecular weight is 232 g/mol. The molecule has 0 amide bonds. The van der Waals surface area contributed by atoms with Crippen LogP contribution in [0.2, 0.25) is 0 Å². The van der Waals surface area contributed by atoms with E-state index < -0.39 is 6.43 Å². The fourth-order valence-corrected chi connectivity index (χ4v) is 1.17. The summed E-state index contributed by atoms with van der Waals surface area (Å²) in [5, 5.41) is 3.00. The predicted octanol–water partition coefficient (Wildman–Crippen LogP) is 1.79. The van der Waals surface area contributed by atoms with Crippen LogP contribution < -0.4 is 5.32 Å². The summed E-state index contributed by atoms with van der Waals surface area (Å²) in [5.41, 5.74) is 1.51. The van der Waals surface area contributed by atoms with E-state index in [2.05, 4.69) is 15.3 Å². The van der Waals surface area contributed by atoms with Gasteiger partial charge in [-0.3, -0.25) is 0 Å². The molecule has 0 bridgehead atoms. The van der Waals surface area contributed by atoms with Gasteiger partial charge >= 0.3 is 0 Å². The van der Waals surface area contributed by atoms with Crippen LogP contribution in [-0.2, 0) is 13.1 Å². The van der Waals surface area contributed by atoms with Crippen LogP contribution in [0.1, 0.15) is 23.6 Å². The maximum Gasteiger partial charge on any atom is 0.295 e. The first kappa shape index (κ1) is 12.6. The molecule has 2 heterocycles. The normalized spacial score (nSPS) is 13.5. The van der Waals surface area contributed by atoms with Gasteiger partial charge in [0, 0.05) is 13.1 Å². The summed E-state index contributed by atoms with van der Waals surface area (Å²) in [7, 11) is 0. The van der Waals surface area contributed by atoms with Crippen molar-refractivity contribution in [3.63, 3.8) is 0 Å². The van der Waals surface area contributed by atoms with E-state index >= 15 is 0 Å². The fourth-order valence-electron chi connectivity index (χ4n) is 1.17. The highest BCUT2D eigenvalue weighted by atomic mass is 35.5. The third-order valence-electron chi connectivity index (χ3n) is 1.68. The van der Waals surface area contributed by atoms with Crippen LogP contribution in [0.3, 0.4) is 0 Å². The minimum absolute atomic E-state index is 0. The molecule has 0 aliphatic carbocycles. The second-order valence-electron chi connectivity index (χ2n) is 2.45. The summed E-state index contributed by atoms with van der Waals surface area (Å²) < 4.78 is 24.0. The van der Waals surface area contributed by atoms with Gasteiger partial charge in [-0.25, -0.2) is 13.8 Å². The van der Waals surface area contributed by atoms with E-state index in [9.17, 15) is 8.78 Å². The summed E-state index contributed by atoms with van der Waals surface area (Å²) in [4.78, 5) is 6.29. The number of aromatic amines is 1. The maximum atomic E-state index is 12.0. The van der Waals surface area contributed by atoms with Crippen molar-refractivity contribution in [1.29, 1.82) is 0 Å². The lowest BCUT2D eigenvalue weighted by Gasteiger charge is -1.92. The largest absolute Gasteiger partial charge is 0.340 e. The minimum atomic E-state index is -2.49. The molecule has 0 atom stereocenters. The molecule has 13 heavy (non-hydrogen) atoms. The van der Waals surface area contributed by atoms with Crippen LogP contribution in [0.5, 0.6) is 0 Å². The Morgan fingerprint density at radius 2 is 1.92 bits per heavy atom. The van der Waals surface area contributed by atoms with Crippen molar-refractivity contribution >= 4 is 24.8 Å².